The largest absolute Gasteiger partial charge is 0.329 e. The van der Waals surface area contributed by atoms with E-state index in [1.54, 1.807) is 7.05 Å². The van der Waals surface area contributed by atoms with Gasteiger partial charge in [-0.1, -0.05) is 48.5 Å². The highest BCUT2D eigenvalue weighted by atomic mass is 16.2. The third-order valence-electron chi connectivity index (χ3n) is 4.32. The van der Waals surface area contributed by atoms with Gasteiger partial charge in [0.05, 0.1) is 11.4 Å². The number of hydrogen-bond acceptors (Lipinski definition) is 3. The van der Waals surface area contributed by atoms with E-state index in [0.717, 1.165) is 28.4 Å². The first-order valence-corrected chi connectivity index (χ1v) is 8.28. The predicted molar refractivity (Wildman–Crippen MR) is 102 cm³/mol. The highest BCUT2D eigenvalue weighted by Crippen LogP contribution is 2.28. The van der Waals surface area contributed by atoms with Crippen LogP contribution in [0.3, 0.4) is 0 Å². The Morgan fingerprint density at radius 2 is 1.76 bits per heavy atom. The van der Waals surface area contributed by atoms with Gasteiger partial charge in [-0.2, -0.15) is 5.10 Å². The lowest BCUT2D eigenvalue weighted by Crippen LogP contribution is -2.36. The number of amides is 1. The molecule has 0 saturated heterocycles. The van der Waals surface area contributed by atoms with Gasteiger partial charge < -0.3 is 4.90 Å². The maximum Gasteiger partial charge on any atom is 0.239 e. The van der Waals surface area contributed by atoms with Crippen molar-refractivity contribution in [3.05, 3.63) is 65.7 Å². The smallest absolute Gasteiger partial charge is 0.239 e. The van der Waals surface area contributed by atoms with Gasteiger partial charge in [0, 0.05) is 32.1 Å². The third-order valence-corrected chi connectivity index (χ3v) is 4.32. The molecule has 1 aliphatic heterocycles. The van der Waals surface area contributed by atoms with Crippen molar-refractivity contribution in [2.45, 2.75) is 19.9 Å². The van der Waals surface area contributed by atoms with E-state index in [2.05, 4.69) is 29.4 Å². The molecule has 0 spiro atoms. The summed E-state index contributed by atoms with van der Waals surface area (Å²) in [6.45, 7) is 3.50. The van der Waals surface area contributed by atoms with Crippen molar-refractivity contribution in [2.24, 2.45) is 10.1 Å². The van der Waals surface area contributed by atoms with Crippen molar-refractivity contribution in [3.63, 3.8) is 0 Å². The zero-order valence-corrected chi connectivity index (χ0v) is 15.0. The van der Waals surface area contributed by atoms with E-state index < -0.39 is 0 Å². The van der Waals surface area contributed by atoms with Crippen LogP contribution in [0.5, 0.6) is 0 Å². The topological polar surface area (TPSA) is 48.3 Å². The number of likely N-dealkylation sites (N-methyl/N-ethyl adjacent to an activating group) is 1. The molecule has 2 aromatic carbocycles. The number of hydrazone groups is 1. The molecule has 1 atom stereocenters. The minimum Gasteiger partial charge on any atom is -0.329 e. The zero-order valence-electron chi connectivity index (χ0n) is 15.0. The van der Waals surface area contributed by atoms with E-state index in [9.17, 15) is 4.79 Å². The first-order chi connectivity index (χ1) is 12.0. The van der Waals surface area contributed by atoms with E-state index in [0.29, 0.717) is 0 Å². The second kappa shape index (κ2) is 6.89. The van der Waals surface area contributed by atoms with Crippen molar-refractivity contribution >= 4 is 23.1 Å². The summed E-state index contributed by atoms with van der Waals surface area (Å²) in [7, 11) is 3.63. The maximum atomic E-state index is 11.6. The average molecular weight is 334 g/mol. The molecule has 1 unspecified atom stereocenters. The number of amidine groups is 1. The second-order valence-electron chi connectivity index (χ2n) is 6.10. The summed E-state index contributed by atoms with van der Waals surface area (Å²) in [5.74, 6) is 0.619. The SMILES string of the molecule is CC(=O)N(C)/N=C1\C(C)N=C(c2ccccc2)c2ccccc2N1C. The van der Waals surface area contributed by atoms with Gasteiger partial charge in [0.1, 0.15) is 6.04 Å². The molecule has 1 heterocycles. The van der Waals surface area contributed by atoms with Gasteiger partial charge in [-0.15, -0.1) is 0 Å². The minimum atomic E-state index is -0.186. The lowest BCUT2D eigenvalue weighted by atomic mass is 10.0. The Kier molecular flexibility index (Phi) is 4.65. The number of fused-ring (bicyclic) bond motifs is 1. The zero-order chi connectivity index (χ0) is 18.0. The van der Waals surface area contributed by atoms with Crippen LogP contribution in [-0.2, 0) is 4.79 Å². The lowest BCUT2D eigenvalue weighted by molar-refractivity contribution is -0.127. The van der Waals surface area contributed by atoms with Crippen molar-refractivity contribution in [3.8, 4) is 0 Å². The molecule has 0 saturated carbocycles. The first kappa shape index (κ1) is 16.9. The molecule has 0 bridgehead atoms. The molecule has 25 heavy (non-hydrogen) atoms. The minimum absolute atomic E-state index is 0.113. The summed E-state index contributed by atoms with van der Waals surface area (Å²) in [5.41, 5.74) is 4.08. The van der Waals surface area contributed by atoms with Crippen molar-refractivity contribution in [1.29, 1.82) is 0 Å². The van der Waals surface area contributed by atoms with E-state index in [4.69, 9.17) is 4.99 Å². The predicted octanol–water partition coefficient (Wildman–Crippen LogP) is 3.15. The maximum absolute atomic E-state index is 11.6. The molecule has 5 heteroatoms. The molecular formula is C20H22N4O. The molecule has 0 radical (unpaired) electrons. The normalized spacial score (nSPS) is 18.4. The number of para-hydroxylation sites is 1. The van der Waals surface area contributed by atoms with Gasteiger partial charge in [-0.05, 0) is 13.0 Å². The molecule has 1 aliphatic rings. The molecule has 0 aromatic heterocycles. The number of hydrogen-bond donors (Lipinski definition) is 0. The van der Waals surface area contributed by atoms with Crippen LogP contribution in [0.2, 0.25) is 0 Å². The van der Waals surface area contributed by atoms with E-state index in [1.165, 1.54) is 11.9 Å². The van der Waals surface area contributed by atoms with Crippen LogP contribution in [0, 0.1) is 0 Å². The summed E-state index contributed by atoms with van der Waals surface area (Å²) in [4.78, 5) is 18.6. The van der Waals surface area contributed by atoms with Gasteiger partial charge in [0.2, 0.25) is 5.91 Å². The van der Waals surface area contributed by atoms with Crippen molar-refractivity contribution < 1.29 is 4.79 Å². The second-order valence-corrected chi connectivity index (χ2v) is 6.10. The standard InChI is InChI=1S/C20H22N4O/c1-14-20(22-24(4)15(2)25)23(3)18-13-9-8-12-17(18)19(21-14)16-10-6-5-7-11-16/h5-14H,1-4H3/b22-20+. The van der Waals surface area contributed by atoms with Crippen molar-refractivity contribution in [2.75, 3.05) is 19.0 Å². The Hall–Kier alpha value is -2.95. The fourth-order valence-corrected chi connectivity index (χ4v) is 2.89. The van der Waals surface area contributed by atoms with Crippen LogP contribution in [0.1, 0.15) is 25.0 Å². The van der Waals surface area contributed by atoms with Crippen LogP contribution >= 0.6 is 0 Å². The van der Waals surface area contributed by atoms with Gasteiger partial charge in [-0.25, -0.2) is 5.01 Å². The van der Waals surface area contributed by atoms with Crippen LogP contribution in [0.15, 0.2) is 64.7 Å². The highest BCUT2D eigenvalue weighted by Gasteiger charge is 2.26. The van der Waals surface area contributed by atoms with Crippen LogP contribution in [-0.4, -0.2) is 42.6 Å². The van der Waals surface area contributed by atoms with E-state index >= 15 is 0 Å². The van der Waals surface area contributed by atoms with Crippen LogP contribution in [0.25, 0.3) is 0 Å². The van der Waals surface area contributed by atoms with Gasteiger partial charge in [0.25, 0.3) is 0 Å². The fraction of sp³-hybridized carbons (Fsp3) is 0.250. The Morgan fingerprint density at radius 1 is 1.12 bits per heavy atom. The number of nitrogens with zero attached hydrogens (tertiary/aromatic N) is 4. The van der Waals surface area contributed by atoms with Gasteiger partial charge in [0.15, 0.2) is 5.84 Å². The number of carbonyl (C=O) groups excluding carboxylic acids is 1. The van der Waals surface area contributed by atoms with Gasteiger partial charge >= 0.3 is 0 Å². The molecule has 0 aliphatic carbocycles. The molecule has 5 nitrogen and oxygen atoms in total. The lowest BCUT2D eigenvalue weighted by Gasteiger charge is -2.24. The molecule has 0 fully saturated rings. The number of carbonyl (C=O) groups is 1. The van der Waals surface area contributed by atoms with E-state index in [1.807, 2.05) is 49.2 Å². The summed E-state index contributed by atoms with van der Waals surface area (Å²) in [5, 5.41) is 5.86. The first-order valence-electron chi connectivity index (χ1n) is 8.28. The Balaban J connectivity index is 2.19. The highest BCUT2D eigenvalue weighted by molar-refractivity contribution is 6.20. The molecule has 3 rings (SSSR count). The quantitative estimate of drug-likeness (QED) is 0.792. The molecule has 0 N–H and O–H groups in total. The summed E-state index contributed by atoms with van der Waals surface area (Å²) in [6.07, 6.45) is 0. The molecule has 128 valence electrons. The number of anilines is 1. The number of rotatable bonds is 2. The molecule has 1 amide bonds. The van der Waals surface area contributed by atoms with Crippen molar-refractivity contribution in [1.82, 2.24) is 5.01 Å². The Morgan fingerprint density at radius 3 is 2.44 bits per heavy atom. The molecule has 2 aromatic rings. The van der Waals surface area contributed by atoms with Gasteiger partial charge in [-0.3, -0.25) is 9.79 Å². The Labute approximate surface area is 148 Å². The van der Waals surface area contributed by atoms with Crippen LogP contribution < -0.4 is 4.90 Å². The monoisotopic (exact) mass is 334 g/mol. The van der Waals surface area contributed by atoms with Crippen LogP contribution in [0.4, 0.5) is 5.69 Å². The average Bonchev–Trinajstić information content (AvgIpc) is 2.73. The summed E-state index contributed by atoms with van der Waals surface area (Å²) >= 11 is 0. The van der Waals surface area contributed by atoms with E-state index in [-0.39, 0.29) is 11.9 Å². The molecular weight excluding hydrogens is 312 g/mol. The fourth-order valence-electron chi connectivity index (χ4n) is 2.89. The Bertz CT molecular complexity index is 842. The third kappa shape index (κ3) is 3.31. The number of aliphatic imine (C=N–C) groups is 1. The number of benzodiazepines with no additional fused rings is 1. The summed E-state index contributed by atoms with van der Waals surface area (Å²) in [6, 6.07) is 18.1. The number of benzene rings is 2. The summed E-state index contributed by atoms with van der Waals surface area (Å²) < 4.78 is 0.